The summed E-state index contributed by atoms with van der Waals surface area (Å²) in [5, 5.41) is 23.1. The van der Waals surface area contributed by atoms with Gasteiger partial charge in [-0.1, -0.05) is 60.7 Å². The van der Waals surface area contributed by atoms with Crippen molar-refractivity contribution in [3.05, 3.63) is 137 Å². The Balaban J connectivity index is 1.54. The van der Waals surface area contributed by atoms with Crippen molar-refractivity contribution in [1.82, 2.24) is 0 Å². The molecule has 7 nitrogen and oxygen atoms in total. The summed E-state index contributed by atoms with van der Waals surface area (Å²) in [6.45, 7) is 0. The molecule has 0 fully saturated rings. The van der Waals surface area contributed by atoms with E-state index < -0.39 is 25.5 Å². The Morgan fingerprint density at radius 1 is 0.738 bits per heavy atom. The van der Waals surface area contributed by atoms with Crippen LogP contribution in [0.5, 0.6) is 23.0 Å². The number of aromatic hydroxyl groups is 2. The summed E-state index contributed by atoms with van der Waals surface area (Å²) in [5.41, 5.74) is 0.497. The summed E-state index contributed by atoms with van der Waals surface area (Å²) >= 11 is 0. The van der Waals surface area contributed by atoms with Crippen LogP contribution in [-0.4, -0.2) is 29.3 Å². The molecular formula is C34H23O7P. The van der Waals surface area contributed by atoms with Crippen molar-refractivity contribution in [1.29, 1.82) is 0 Å². The molecule has 0 aliphatic carbocycles. The lowest BCUT2D eigenvalue weighted by Gasteiger charge is -2.36. The summed E-state index contributed by atoms with van der Waals surface area (Å²) in [6, 6.07) is 32.2. The predicted octanol–water partition coefficient (Wildman–Crippen LogP) is 5.21. The Bertz CT molecular complexity index is 1800. The first kappa shape index (κ1) is 25.8. The molecule has 2 aliphatic rings. The van der Waals surface area contributed by atoms with Crippen molar-refractivity contribution >= 4 is 35.8 Å². The molecule has 0 bridgehead atoms. The van der Waals surface area contributed by atoms with Gasteiger partial charge in [0.05, 0.1) is 18.2 Å². The molecule has 0 unspecified atom stereocenters. The fraction of sp³-hybridized carbons (Fsp3) is 0.0588. The van der Waals surface area contributed by atoms with Gasteiger partial charge in [-0.05, 0) is 54.9 Å². The number of hydrogen-bond donors (Lipinski definition) is 2. The first-order chi connectivity index (χ1) is 20.4. The van der Waals surface area contributed by atoms with E-state index in [0.717, 1.165) is 10.6 Å². The number of esters is 2. The fourth-order valence-electron chi connectivity index (χ4n) is 5.77. The zero-order valence-electron chi connectivity index (χ0n) is 22.3. The number of methoxy groups -OCH3 is 1. The molecule has 0 saturated heterocycles. The van der Waals surface area contributed by atoms with Gasteiger partial charge in [0, 0.05) is 34.1 Å². The van der Waals surface area contributed by atoms with Crippen molar-refractivity contribution in [2.24, 2.45) is 0 Å². The monoisotopic (exact) mass is 574 g/mol. The average Bonchev–Trinajstić information content (AvgIpc) is 3.28. The van der Waals surface area contributed by atoms with Crippen LogP contribution >= 0.6 is 7.92 Å². The van der Waals surface area contributed by atoms with E-state index in [-0.39, 0.29) is 23.0 Å². The molecule has 2 N–H and O–H groups in total. The second-order valence-electron chi connectivity index (χ2n) is 9.95. The molecule has 2 heterocycles. The molecule has 1 spiro atoms. The van der Waals surface area contributed by atoms with Gasteiger partial charge in [-0.15, -0.1) is 0 Å². The van der Waals surface area contributed by atoms with Gasteiger partial charge in [0.1, 0.15) is 23.0 Å². The molecule has 5 aromatic rings. The van der Waals surface area contributed by atoms with E-state index in [2.05, 4.69) is 0 Å². The number of carbonyl (C=O) groups excluding carboxylic acids is 2. The van der Waals surface area contributed by atoms with Crippen molar-refractivity contribution in [2.45, 2.75) is 5.60 Å². The zero-order valence-corrected chi connectivity index (χ0v) is 23.2. The third-order valence-corrected chi connectivity index (χ3v) is 10.0. The first-order valence-electron chi connectivity index (χ1n) is 13.2. The lowest BCUT2D eigenvalue weighted by molar-refractivity contribution is 0.0224. The molecule has 206 valence electrons. The van der Waals surface area contributed by atoms with Gasteiger partial charge in [-0.2, -0.15) is 0 Å². The number of ether oxygens (including phenoxy) is 3. The number of rotatable bonds is 4. The van der Waals surface area contributed by atoms with Crippen molar-refractivity contribution in [2.75, 3.05) is 7.11 Å². The van der Waals surface area contributed by atoms with Crippen molar-refractivity contribution < 1.29 is 34.0 Å². The molecule has 0 saturated carbocycles. The topological polar surface area (TPSA) is 102 Å². The van der Waals surface area contributed by atoms with Crippen LogP contribution in [0.2, 0.25) is 0 Å². The summed E-state index contributed by atoms with van der Waals surface area (Å²) in [4.78, 5) is 27.3. The highest BCUT2D eigenvalue weighted by Crippen LogP contribution is 2.57. The maximum atomic E-state index is 13.8. The molecule has 5 aromatic carbocycles. The van der Waals surface area contributed by atoms with Gasteiger partial charge in [-0.3, -0.25) is 0 Å². The highest BCUT2D eigenvalue weighted by Gasteiger charge is 2.54. The second kappa shape index (κ2) is 9.75. The number of fused-ring (bicyclic) bond motifs is 6. The average molecular weight is 575 g/mol. The van der Waals surface area contributed by atoms with Crippen LogP contribution in [0.1, 0.15) is 37.4 Å². The van der Waals surface area contributed by atoms with Crippen LogP contribution < -0.4 is 20.7 Å². The Labute approximate surface area is 242 Å². The number of hydrogen-bond acceptors (Lipinski definition) is 7. The lowest BCUT2D eigenvalue weighted by atomic mass is 9.77. The lowest BCUT2D eigenvalue weighted by Crippen LogP contribution is -2.33. The second-order valence-corrected chi connectivity index (χ2v) is 12.1. The fourth-order valence-corrected chi connectivity index (χ4v) is 8.22. The largest absolute Gasteiger partial charge is 0.508 e. The maximum absolute atomic E-state index is 13.8. The van der Waals surface area contributed by atoms with E-state index in [9.17, 15) is 19.8 Å². The predicted molar refractivity (Wildman–Crippen MR) is 158 cm³/mol. The van der Waals surface area contributed by atoms with Gasteiger partial charge in [0.2, 0.25) is 0 Å². The minimum absolute atomic E-state index is 0.0426. The maximum Gasteiger partial charge on any atom is 0.340 e. The van der Waals surface area contributed by atoms with Crippen LogP contribution in [0.3, 0.4) is 0 Å². The van der Waals surface area contributed by atoms with E-state index in [4.69, 9.17) is 14.2 Å². The molecule has 0 atom stereocenters. The number of phenolic OH excluding ortho intramolecular Hbond substituents is 2. The molecule has 8 heteroatoms. The molecular weight excluding hydrogens is 551 g/mol. The molecule has 0 radical (unpaired) electrons. The Hall–Kier alpha value is -5.13. The third kappa shape index (κ3) is 3.85. The summed E-state index contributed by atoms with van der Waals surface area (Å²) in [6.07, 6.45) is 0. The molecule has 0 amide bonds. The van der Waals surface area contributed by atoms with Crippen LogP contribution in [-0.2, 0) is 15.1 Å². The third-order valence-electron chi connectivity index (χ3n) is 7.56. The van der Waals surface area contributed by atoms with E-state index in [0.29, 0.717) is 33.1 Å². The van der Waals surface area contributed by atoms with E-state index >= 15 is 0 Å². The molecule has 0 aromatic heterocycles. The van der Waals surface area contributed by atoms with Crippen molar-refractivity contribution in [3.63, 3.8) is 0 Å². The summed E-state index contributed by atoms with van der Waals surface area (Å²) in [7, 11) is 0.0553. The molecule has 42 heavy (non-hydrogen) atoms. The van der Waals surface area contributed by atoms with Crippen LogP contribution in [0.25, 0.3) is 0 Å². The Morgan fingerprint density at radius 2 is 1.29 bits per heavy atom. The zero-order chi connectivity index (χ0) is 29.0. The molecule has 2 aliphatic heterocycles. The summed E-state index contributed by atoms with van der Waals surface area (Å²) in [5.74, 6) is -0.691. The van der Waals surface area contributed by atoms with E-state index in [1.807, 2.05) is 60.7 Å². The molecule has 7 rings (SSSR count). The highest BCUT2D eigenvalue weighted by molar-refractivity contribution is 7.80. The number of benzene rings is 5. The van der Waals surface area contributed by atoms with Crippen LogP contribution in [0.4, 0.5) is 0 Å². The minimum atomic E-state index is -1.50. The van der Waals surface area contributed by atoms with Gasteiger partial charge < -0.3 is 24.4 Å². The normalized spacial score (nSPS) is 14.0. The van der Waals surface area contributed by atoms with Gasteiger partial charge >= 0.3 is 11.9 Å². The van der Waals surface area contributed by atoms with Gasteiger partial charge in [-0.25, -0.2) is 9.59 Å². The van der Waals surface area contributed by atoms with E-state index in [1.54, 1.807) is 24.3 Å². The number of phenols is 2. The smallest absolute Gasteiger partial charge is 0.340 e. The SMILES string of the molecule is COC(=O)c1cc2c(cc1P(c1ccccc1)c1ccccc1)C(=O)OC21c2ccc(O)cc2Oc2cc(O)ccc21. The van der Waals surface area contributed by atoms with Gasteiger partial charge in [0.15, 0.2) is 5.60 Å². The quantitative estimate of drug-likeness (QED) is 0.225. The van der Waals surface area contributed by atoms with Gasteiger partial charge in [0.25, 0.3) is 0 Å². The van der Waals surface area contributed by atoms with Crippen LogP contribution in [0, 0.1) is 0 Å². The minimum Gasteiger partial charge on any atom is -0.508 e. The number of carbonyl (C=O) groups is 2. The Morgan fingerprint density at radius 3 is 1.81 bits per heavy atom. The van der Waals surface area contributed by atoms with Crippen molar-refractivity contribution in [3.8, 4) is 23.0 Å². The highest BCUT2D eigenvalue weighted by atomic mass is 31.1. The van der Waals surface area contributed by atoms with Crippen LogP contribution in [0.15, 0.2) is 109 Å². The Kier molecular flexibility index (Phi) is 5.99. The van der Waals surface area contributed by atoms with E-state index in [1.165, 1.54) is 31.4 Å². The first-order valence-corrected chi connectivity index (χ1v) is 14.5. The standard InChI is InChI=1S/C34H23O7P/c1-39-32(37)25-18-28-24(19-31(25)42(22-8-4-2-5-9-22)23-10-6-3-7-11-23)33(38)41-34(28)26-14-12-20(35)16-29(26)40-30-17-21(36)13-15-27(30)34/h2-19,35-36H,1H3. The summed E-state index contributed by atoms with van der Waals surface area (Å²) < 4.78 is 17.6.